The van der Waals surface area contributed by atoms with Gasteiger partial charge in [0.1, 0.15) is 12.4 Å². The number of rotatable bonds is 10. The third-order valence-electron chi connectivity index (χ3n) is 5.35. The van der Waals surface area contributed by atoms with Crippen molar-refractivity contribution in [1.82, 2.24) is 14.5 Å². The Bertz CT molecular complexity index is 1320. The summed E-state index contributed by atoms with van der Waals surface area (Å²) >= 11 is 0. The molecule has 184 valence electrons. The minimum Gasteiger partial charge on any atom is -0.465 e. The van der Waals surface area contributed by atoms with E-state index in [0.29, 0.717) is 24.6 Å². The first-order valence-corrected chi connectivity index (χ1v) is 14.2. The summed E-state index contributed by atoms with van der Waals surface area (Å²) < 4.78 is 14.5. The first-order chi connectivity index (χ1) is 16.8. The zero-order valence-corrected chi connectivity index (χ0v) is 21.3. The number of ether oxygens (including phenoxy) is 2. The molecule has 1 N–H and O–H groups in total. The molecule has 0 aliphatic carbocycles. The van der Waals surface area contributed by atoms with E-state index in [1.54, 1.807) is 17.0 Å². The number of anilines is 2. The number of methoxy groups -OCH3 is 1. The third-order valence-corrected chi connectivity index (χ3v) is 6.74. The van der Waals surface area contributed by atoms with Crippen molar-refractivity contribution in [1.29, 1.82) is 0 Å². The Labute approximate surface area is 206 Å². The van der Waals surface area contributed by atoms with E-state index in [9.17, 15) is 4.79 Å². The molecule has 0 amide bonds. The molecule has 0 aliphatic heterocycles. The lowest BCUT2D eigenvalue weighted by Crippen LogP contribution is -2.11. The number of nitrogens with one attached hydrogen (secondary N) is 1. The van der Waals surface area contributed by atoms with Crippen molar-refractivity contribution in [2.75, 3.05) is 43.6 Å². The standard InChI is InChI=1S/C26H31N5O3S/c1-33-26(32)22-9-5-6-10-23(22)28-20-11-12-21-24(18-27-30-13-7-8-14-30)29-31(25(21)17-20)19-34-15-16-35(2,3)4/h5-14,17-18,28H,15-16,19H2,1-4H3/b27-18+. The van der Waals surface area contributed by atoms with Crippen LogP contribution in [0, 0.1) is 0 Å². The summed E-state index contributed by atoms with van der Waals surface area (Å²) in [5.41, 5.74) is 3.62. The van der Waals surface area contributed by atoms with Crippen LogP contribution in [0.2, 0.25) is 0 Å². The average molecular weight is 494 g/mol. The van der Waals surface area contributed by atoms with E-state index in [1.807, 2.05) is 65.6 Å². The van der Waals surface area contributed by atoms with E-state index in [1.165, 1.54) is 7.11 Å². The van der Waals surface area contributed by atoms with E-state index in [0.717, 1.165) is 28.0 Å². The number of benzene rings is 2. The monoisotopic (exact) mass is 493 g/mol. The Hall–Kier alpha value is -3.56. The number of hydrogen-bond acceptors (Lipinski definition) is 6. The van der Waals surface area contributed by atoms with Crippen molar-refractivity contribution < 1.29 is 14.3 Å². The smallest absolute Gasteiger partial charge is 0.339 e. The summed E-state index contributed by atoms with van der Waals surface area (Å²) in [6, 6.07) is 17.1. The Kier molecular flexibility index (Phi) is 7.57. The predicted molar refractivity (Wildman–Crippen MR) is 144 cm³/mol. The van der Waals surface area contributed by atoms with E-state index in [-0.39, 0.29) is 0 Å². The van der Waals surface area contributed by atoms with Gasteiger partial charge in [0.2, 0.25) is 0 Å². The van der Waals surface area contributed by atoms with Gasteiger partial charge in [0.15, 0.2) is 0 Å². The molecule has 4 aromatic rings. The van der Waals surface area contributed by atoms with Gasteiger partial charge in [-0.05, 0) is 61.2 Å². The summed E-state index contributed by atoms with van der Waals surface area (Å²) in [5, 5.41) is 13.5. The molecule has 2 aromatic carbocycles. The molecule has 0 bridgehead atoms. The van der Waals surface area contributed by atoms with Gasteiger partial charge in [0.25, 0.3) is 0 Å². The molecule has 4 rings (SSSR count). The lowest BCUT2D eigenvalue weighted by Gasteiger charge is -2.24. The van der Waals surface area contributed by atoms with Crippen molar-refractivity contribution in [2.45, 2.75) is 6.73 Å². The van der Waals surface area contributed by atoms with Crippen molar-refractivity contribution in [3.63, 3.8) is 0 Å². The average Bonchev–Trinajstić information content (AvgIpc) is 3.47. The molecular weight excluding hydrogens is 462 g/mol. The number of esters is 1. The lowest BCUT2D eigenvalue weighted by atomic mass is 10.1. The molecule has 0 spiro atoms. The highest BCUT2D eigenvalue weighted by Gasteiger charge is 2.14. The highest BCUT2D eigenvalue weighted by Crippen LogP contribution is 2.33. The molecule has 0 saturated carbocycles. The van der Waals surface area contributed by atoms with Gasteiger partial charge in [-0.25, -0.2) is 24.2 Å². The van der Waals surface area contributed by atoms with Crippen molar-refractivity contribution in [3.8, 4) is 0 Å². The first kappa shape index (κ1) is 24.6. The molecule has 0 saturated heterocycles. The third kappa shape index (κ3) is 6.32. The fourth-order valence-electron chi connectivity index (χ4n) is 3.49. The molecule has 2 heterocycles. The Morgan fingerprint density at radius 1 is 1.11 bits per heavy atom. The van der Waals surface area contributed by atoms with Crippen LogP contribution >= 0.6 is 10.0 Å². The summed E-state index contributed by atoms with van der Waals surface area (Å²) in [5.74, 6) is 0.641. The van der Waals surface area contributed by atoms with Gasteiger partial charge in [0, 0.05) is 29.2 Å². The fourth-order valence-corrected chi connectivity index (χ4v) is 4.11. The minimum absolute atomic E-state index is 0.339. The number of para-hydroxylation sites is 1. The van der Waals surface area contributed by atoms with Crippen molar-refractivity contribution in [3.05, 3.63) is 78.2 Å². The van der Waals surface area contributed by atoms with Gasteiger partial charge in [-0.1, -0.05) is 12.1 Å². The fraction of sp³-hybridized carbons (Fsp3) is 0.269. The second-order valence-corrected chi connectivity index (χ2v) is 13.5. The molecule has 0 unspecified atom stereocenters. The maximum Gasteiger partial charge on any atom is 0.339 e. The zero-order valence-electron chi connectivity index (χ0n) is 20.5. The predicted octanol–water partition coefficient (Wildman–Crippen LogP) is 4.92. The molecule has 9 heteroatoms. The van der Waals surface area contributed by atoms with Crippen LogP contribution < -0.4 is 5.32 Å². The molecule has 2 aromatic heterocycles. The van der Waals surface area contributed by atoms with Crippen LogP contribution in [0.4, 0.5) is 11.4 Å². The van der Waals surface area contributed by atoms with Crippen LogP contribution in [0.1, 0.15) is 16.1 Å². The maximum absolute atomic E-state index is 12.2. The highest BCUT2D eigenvalue weighted by molar-refractivity contribution is 8.32. The molecular formula is C26H31N5O3S. The van der Waals surface area contributed by atoms with Gasteiger partial charge >= 0.3 is 5.97 Å². The highest BCUT2D eigenvalue weighted by atomic mass is 32.3. The van der Waals surface area contributed by atoms with Crippen LogP contribution in [0.15, 0.2) is 72.1 Å². The van der Waals surface area contributed by atoms with Crippen LogP contribution in [0.3, 0.4) is 0 Å². The summed E-state index contributed by atoms with van der Waals surface area (Å²) in [6.07, 6.45) is 12.3. The normalized spacial score (nSPS) is 12.3. The topological polar surface area (TPSA) is 82.7 Å². The number of carbonyl (C=O) groups is 1. The summed E-state index contributed by atoms with van der Waals surface area (Å²) in [6.45, 7) is 1.02. The number of carbonyl (C=O) groups excluding carboxylic acids is 1. The zero-order chi connectivity index (χ0) is 24.8. The Balaban J connectivity index is 1.64. The number of aromatic nitrogens is 3. The summed E-state index contributed by atoms with van der Waals surface area (Å²) in [4.78, 5) is 12.2. The largest absolute Gasteiger partial charge is 0.465 e. The number of hydrogen-bond donors (Lipinski definition) is 1. The van der Waals surface area contributed by atoms with Gasteiger partial charge in [-0.2, -0.15) is 10.2 Å². The van der Waals surface area contributed by atoms with Gasteiger partial charge in [0.05, 0.1) is 36.7 Å². The number of fused-ring (bicyclic) bond motifs is 1. The lowest BCUT2D eigenvalue weighted by molar-refractivity contribution is 0.0602. The van der Waals surface area contributed by atoms with Crippen molar-refractivity contribution in [2.24, 2.45) is 5.10 Å². The SMILES string of the molecule is COC(=O)c1ccccc1Nc1ccc2c(/C=N/n3cccc3)nn(COCCS(C)(C)C)c2c1. The van der Waals surface area contributed by atoms with Gasteiger partial charge < -0.3 is 14.8 Å². The second kappa shape index (κ2) is 10.8. The number of nitrogens with zero attached hydrogens (tertiary/aromatic N) is 4. The molecule has 0 radical (unpaired) electrons. The van der Waals surface area contributed by atoms with E-state index in [2.05, 4.69) is 29.2 Å². The maximum atomic E-state index is 12.2. The van der Waals surface area contributed by atoms with E-state index < -0.39 is 16.0 Å². The second-order valence-electron chi connectivity index (χ2n) is 8.92. The van der Waals surface area contributed by atoms with Crippen LogP contribution in [-0.4, -0.2) is 64.9 Å². The quantitative estimate of drug-likeness (QED) is 0.193. The molecule has 0 atom stereocenters. The van der Waals surface area contributed by atoms with Gasteiger partial charge in [-0.3, -0.25) is 0 Å². The van der Waals surface area contributed by atoms with Crippen LogP contribution in [0.5, 0.6) is 0 Å². The Morgan fingerprint density at radius 3 is 2.63 bits per heavy atom. The molecule has 0 aliphatic rings. The Morgan fingerprint density at radius 2 is 1.89 bits per heavy atom. The first-order valence-electron chi connectivity index (χ1n) is 11.2. The van der Waals surface area contributed by atoms with Crippen LogP contribution in [-0.2, 0) is 16.2 Å². The van der Waals surface area contributed by atoms with E-state index in [4.69, 9.17) is 14.6 Å². The van der Waals surface area contributed by atoms with E-state index >= 15 is 0 Å². The minimum atomic E-state index is -0.631. The van der Waals surface area contributed by atoms with Crippen LogP contribution in [0.25, 0.3) is 10.9 Å². The molecule has 0 fully saturated rings. The summed E-state index contributed by atoms with van der Waals surface area (Å²) in [7, 11) is 0.746. The molecule has 35 heavy (non-hydrogen) atoms. The molecule has 8 nitrogen and oxygen atoms in total. The van der Waals surface area contributed by atoms with Crippen molar-refractivity contribution >= 4 is 44.5 Å². The van der Waals surface area contributed by atoms with Gasteiger partial charge in [-0.15, -0.1) is 0 Å².